The third-order valence-corrected chi connectivity index (χ3v) is 2.40. The lowest BCUT2D eigenvalue weighted by molar-refractivity contribution is -0.147. The number of aromatic nitrogens is 3. The fourth-order valence-corrected chi connectivity index (χ4v) is 1.60. The van der Waals surface area contributed by atoms with Crippen molar-refractivity contribution in [2.75, 3.05) is 5.75 Å². The number of hydrogen-bond donors (Lipinski definition) is 1. The predicted molar refractivity (Wildman–Crippen MR) is 42.8 cm³/mol. The molecule has 1 aromatic rings. The first-order valence-electron chi connectivity index (χ1n) is 3.47. The first-order chi connectivity index (χ1) is 6.48. The summed E-state index contributed by atoms with van der Waals surface area (Å²) in [5.74, 6) is -0.703. The first-order valence-corrected chi connectivity index (χ1v) is 4.46. The normalized spacial score (nSPS) is 16.4. The predicted octanol–water partition coefficient (Wildman–Crippen LogP) is 0.523. The summed E-state index contributed by atoms with van der Waals surface area (Å²) in [6, 6.07) is 0. The van der Waals surface area contributed by atoms with Crippen LogP contribution in [0.3, 0.4) is 0 Å². The number of fused-ring (bicyclic) bond motifs is 1. The van der Waals surface area contributed by atoms with Crippen LogP contribution in [0, 0.1) is 0 Å². The maximum absolute atomic E-state index is 12.3. The standard InChI is InChI=1S/C5H4F3N5S/c6-5(7,8)3-10-11-4-13(3)12-2(9)1-14-4/h1H2,(H2,9,12). The van der Waals surface area contributed by atoms with Crippen molar-refractivity contribution in [3.8, 4) is 0 Å². The Bertz CT molecular complexity index is 395. The van der Waals surface area contributed by atoms with Gasteiger partial charge in [-0.05, 0) is 0 Å². The lowest BCUT2D eigenvalue weighted by atomic mass is 10.6. The van der Waals surface area contributed by atoms with Gasteiger partial charge in [-0.25, -0.2) is 0 Å². The van der Waals surface area contributed by atoms with E-state index in [1.54, 1.807) is 0 Å². The summed E-state index contributed by atoms with van der Waals surface area (Å²) in [7, 11) is 0. The Morgan fingerprint density at radius 1 is 1.36 bits per heavy atom. The summed E-state index contributed by atoms with van der Waals surface area (Å²) in [4.78, 5) is 0. The number of thioether (sulfide) groups is 1. The van der Waals surface area contributed by atoms with Crippen molar-refractivity contribution in [1.82, 2.24) is 14.9 Å². The molecule has 2 rings (SSSR count). The molecule has 5 nitrogen and oxygen atoms in total. The Balaban J connectivity index is 2.53. The van der Waals surface area contributed by atoms with Crippen molar-refractivity contribution in [2.24, 2.45) is 10.8 Å². The third-order valence-electron chi connectivity index (χ3n) is 1.44. The van der Waals surface area contributed by atoms with Crippen molar-refractivity contribution < 1.29 is 13.2 Å². The SMILES string of the molecule is NC1=Nn2c(nnc2C(F)(F)F)SC1. The van der Waals surface area contributed by atoms with Gasteiger partial charge in [0.1, 0.15) is 5.84 Å². The molecule has 0 bridgehead atoms. The van der Waals surface area contributed by atoms with Crippen LogP contribution in [0.15, 0.2) is 10.3 Å². The molecule has 9 heteroatoms. The van der Waals surface area contributed by atoms with Crippen LogP contribution in [0.4, 0.5) is 13.2 Å². The fourth-order valence-electron chi connectivity index (χ4n) is 0.918. The first kappa shape index (κ1) is 9.31. The van der Waals surface area contributed by atoms with Crippen LogP contribution in [0.25, 0.3) is 0 Å². The molecule has 1 aliphatic rings. The molecule has 14 heavy (non-hydrogen) atoms. The number of alkyl halides is 3. The molecular weight excluding hydrogens is 219 g/mol. The average Bonchev–Trinajstić information content (AvgIpc) is 2.45. The highest BCUT2D eigenvalue weighted by Gasteiger charge is 2.39. The molecule has 0 aromatic carbocycles. The van der Waals surface area contributed by atoms with Crippen LogP contribution in [0.2, 0.25) is 0 Å². The summed E-state index contributed by atoms with van der Waals surface area (Å²) in [6.45, 7) is 0. The highest BCUT2D eigenvalue weighted by molar-refractivity contribution is 7.99. The Kier molecular flexibility index (Phi) is 1.91. The van der Waals surface area contributed by atoms with Gasteiger partial charge in [0, 0.05) is 0 Å². The van der Waals surface area contributed by atoms with Crippen LogP contribution in [0.5, 0.6) is 0 Å². The van der Waals surface area contributed by atoms with Gasteiger partial charge in [0.05, 0.1) is 5.75 Å². The molecule has 0 aliphatic carbocycles. The smallest absolute Gasteiger partial charge is 0.385 e. The van der Waals surface area contributed by atoms with Crippen molar-refractivity contribution in [1.29, 1.82) is 0 Å². The summed E-state index contributed by atoms with van der Waals surface area (Å²) in [5.41, 5.74) is 5.31. The van der Waals surface area contributed by atoms with Gasteiger partial charge in [0.25, 0.3) is 5.82 Å². The van der Waals surface area contributed by atoms with Gasteiger partial charge < -0.3 is 5.73 Å². The largest absolute Gasteiger partial charge is 0.453 e. The molecule has 1 aliphatic heterocycles. The number of hydrogen-bond acceptors (Lipinski definition) is 5. The van der Waals surface area contributed by atoms with Gasteiger partial charge in [-0.1, -0.05) is 11.8 Å². The van der Waals surface area contributed by atoms with E-state index in [0.29, 0.717) is 10.4 Å². The van der Waals surface area contributed by atoms with Crippen LogP contribution in [-0.2, 0) is 6.18 Å². The quantitative estimate of drug-likeness (QED) is 0.696. The van der Waals surface area contributed by atoms with Gasteiger partial charge in [-0.3, -0.25) is 0 Å². The van der Waals surface area contributed by atoms with E-state index in [-0.39, 0.29) is 11.0 Å². The van der Waals surface area contributed by atoms with E-state index < -0.39 is 12.0 Å². The summed E-state index contributed by atoms with van der Waals surface area (Å²) < 4.78 is 37.5. The highest BCUT2D eigenvalue weighted by atomic mass is 32.2. The second-order valence-corrected chi connectivity index (χ2v) is 3.44. The van der Waals surface area contributed by atoms with E-state index in [1.807, 2.05) is 0 Å². The maximum atomic E-state index is 12.3. The molecule has 0 atom stereocenters. The Labute approximate surface area is 80.2 Å². The second kappa shape index (κ2) is 2.87. The van der Waals surface area contributed by atoms with Crippen LogP contribution in [-0.4, -0.2) is 26.5 Å². The minimum Gasteiger partial charge on any atom is -0.385 e. The molecule has 0 saturated heterocycles. The maximum Gasteiger partial charge on any atom is 0.453 e. The molecule has 0 spiro atoms. The van der Waals surface area contributed by atoms with Crippen LogP contribution >= 0.6 is 11.8 Å². The van der Waals surface area contributed by atoms with Gasteiger partial charge in [-0.15, -0.1) is 10.2 Å². The molecule has 0 saturated carbocycles. The zero-order valence-corrected chi connectivity index (χ0v) is 7.43. The van der Waals surface area contributed by atoms with Gasteiger partial charge in [0.2, 0.25) is 5.16 Å². The minimum absolute atomic E-state index is 0.103. The third kappa shape index (κ3) is 1.43. The van der Waals surface area contributed by atoms with Gasteiger partial charge in [0.15, 0.2) is 0 Å². The van der Waals surface area contributed by atoms with Crippen molar-refractivity contribution >= 4 is 17.6 Å². The number of halogens is 3. The highest BCUT2D eigenvalue weighted by Crippen LogP contribution is 2.31. The topological polar surface area (TPSA) is 69.1 Å². The molecule has 0 radical (unpaired) electrons. The number of nitrogens with two attached hydrogens (primary N) is 1. The molecule has 0 unspecified atom stereocenters. The van der Waals surface area contributed by atoms with E-state index in [4.69, 9.17) is 5.73 Å². The Morgan fingerprint density at radius 2 is 2.07 bits per heavy atom. The molecule has 2 heterocycles. The van der Waals surface area contributed by atoms with E-state index >= 15 is 0 Å². The lowest BCUT2D eigenvalue weighted by Crippen LogP contribution is -2.23. The molecule has 2 N–H and O–H groups in total. The van der Waals surface area contributed by atoms with Gasteiger partial charge in [-0.2, -0.15) is 22.9 Å². The second-order valence-electron chi connectivity index (χ2n) is 2.50. The molecule has 76 valence electrons. The lowest BCUT2D eigenvalue weighted by Gasteiger charge is -2.11. The summed E-state index contributed by atoms with van der Waals surface area (Å²) >= 11 is 1.07. The van der Waals surface area contributed by atoms with Gasteiger partial charge >= 0.3 is 6.18 Å². The average molecular weight is 223 g/mol. The van der Waals surface area contributed by atoms with Crippen molar-refractivity contribution in [2.45, 2.75) is 11.3 Å². The number of nitrogens with zero attached hydrogens (tertiary/aromatic N) is 4. The fraction of sp³-hybridized carbons (Fsp3) is 0.400. The van der Waals surface area contributed by atoms with E-state index in [9.17, 15) is 13.2 Å². The molecule has 0 amide bonds. The summed E-state index contributed by atoms with van der Waals surface area (Å²) in [5, 5.41) is 9.98. The Hall–Kier alpha value is -1.25. The zero-order valence-electron chi connectivity index (χ0n) is 6.62. The molecule has 0 fully saturated rings. The van der Waals surface area contributed by atoms with Crippen molar-refractivity contribution in [3.63, 3.8) is 0 Å². The van der Waals surface area contributed by atoms with E-state index in [2.05, 4.69) is 15.3 Å². The van der Waals surface area contributed by atoms with Crippen molar-refractivity contribution in [3.05, 3.63) is 5.82 Å². The van der Waals surface area contributed by atoms with Crippen LogP contribution in [0.1, 0.15) is 5.82 Å². The number of rotatable bonds is 0. The van der Waals surface area contributed by atoms with Crippen LogP contribution < -0.4 is 5.73 Å². The minimum atomic E-state index is -4.56. The number of amidine groups is 1. The molecular formula is C5H4F3N5S. The molecule has 1 aromatic heterocycles. The summed E-state index contributed by atoms with van der Waals surface area (Å²) in [6.07, 6.45) is -4.56. The van der Waals surface area contributed by atoms with E-state index in [1.165, 1.54) is 0 Å². The monoisotopic (exact) mass is 223 g/mol. The zero-order chi connectivity index (χ0) is 10.3. The Morgan fingerprint density at radius 3 is 2.71 bits per heavy atom. The van der Waals surface area contributed by atoms with E-state index in [0.717, 1.165) is 11.8 Å².